The molecule has 0 aliphatic carbocycles. The Balaban J connectivity index is 1.74. The highest BCUT2D eigenvalue weighted by molar-refractivity contribution is 6.07. The molecule has 0 aliphatic heterocycles. The van der Waals surface area contributed by atoms with Gasteiger partial charge in [-0.3, -0.25) is 4.79 Å². The fourth-order valence-corrected chi connectivity index (χ4v) is 3.23. The maximum absolute atomic E-state index is 13.3. The first-order valence-electron chi connectivity index (χ1n) is 9.13. The molecule has 0 radical (unpaired) electrons. The van der Waals surface area contributed by atoms with E-state index in [-0.39, 0.29) is 17.8 Å². The zero-order chi connectivity index (χ0) is 19.5. The highest BCUT2D eigenvalue weighted by Gasteiger charge is 2.16. The van der Waals surface area contributed by atoms with E-state index in [1.165, 1.54) is 12.1 Å². The molecule has 0 aliphatic rings. The molecule has 3 nitrogen and oxygen atoms in total. The van der Waals surface area contributed by atoms with E-state index >= 15 is 0 Å². The smallest absolute Gasteiger partial charge is 0.252 e. The lowest BCUT2D eigenvalue weighted by Gasteiger charge is -2.16. The van der Waals surface area contributed by atoms with Gasteiger partial charge in [-0.15, -0.1) is 0 Å². The molecular weight excluding hydrogens is 351 g/mol. The Morgan fingerprint density at radius 3 is 2.36 bits per heavy atom. The summed E-state index contributed by atoms with van der Waals surface area (Å²) in [5.41, 5.74) is 3.70. The largest absolute Gasteiger partial charge is 0.345 e. The zero-order valence-electron chi connectivity index (χ0n) is 15.4. The molecule has 1 atom stereocenters. The number of pyridine rings is 1. The minimum absolute atomic E-state index is 0.130. The van der Waals surface area contributed by atoms with Crippen LogP contribution < -0.4 is 5.32 Å². The number of fused-ring (bicyclic) bond motifs is 1. The van der Waals surface area contributed by atoms with Gasteiger partial charge in [-0.25, -0.2) is 9.37 Å². The van der Waals surface area contributed by atoms with E-state index in [1.54, 1.807) is 18.2 Å². The summed E-state index contributed by atoms with van der Waals surface area (Å²) in [7, 11) is 0. The molecule has 0 bridgehead atoms. The average molecular weight is 370 g/mol. The molecule has 0 fully saturated rings. The standard InChI is InChI=1S/C24H19FN2O/c1-16(17-7-3-2-4-8-17)26-24(28)21-15-23(18-11-13-19(25)14-12-18)27-22-10-6-5-9-20(21)22/h2-16H,1H3,(H,26,28). The maximum atomic E-state index is 13.3. The Bertz CT molecular complexity index is 1120. The highest BCUT2D eigenvalue weighted by Crippen LogP contribution is 2.25. The van der Waals surface area contributed by atoms with Crippen LogP contribution in [0.5, 0.6) is 0 Å². The Kier molecular flexibility index (Phi) is 4.85. The number of para-hydroxylation sites is 1. The number of carbonyl (C=O) groups is 1. The van der Waals surface area contributed by atoms with Crippen molar-refractivity contribution >= 4 is 16.8 Å². The third-order valence-electron chi connectivity index (χ3n) is 4.75. The molecule has 0 spiro atoms. The van der Waals surface area contributed by atoms with Crippen LogP contribution in [0.4, 0.5) is 4.39 Å². The van der Waals surface area contributed by atoms with Crippen molar-refractivity contribution in [3.63, 3.8) is 0 Å². The lowest BCUT2D eigenvalue weighted by atomic mass is 10.0. The van der Waals surface area contributed by atoms with Gasteiger partial charge >= 0.3 is 0 Å². The zero-order valence-corrected chi connectivity index (χ0v) is 15.4. The molecule has 4 rings (SSSR count). The van der Waals surface area contributed by atoms with Crippen LogP contribution in [0.25, 0.3) is 22.2 Å². The first-order chi connectivity index (χ1) is 13.6. The van der Waals surface area contributed by atoms with E-state index in [4.69, 9.17) is 0 Å². The second-order valence-electron chi connectivity index (χ2n) is 6.68. The predicted octanol–water partition coefficient (Wildman–Crippen LogP) is 5.53. The van der Waals surface area contributed by atoms with E-state index in [1.807, 2.05) is 61.5 Å². The maximum Gasteiger partial charge on any atom is 0.252 e. The summed E-state index contributed by atoms with van der Waals surface area (Å²) in [6, 6.07) is 25.1. The van der Waals surface area contributed by atoms with Gasteiger partial charge in [-0.2, -0.15) is 0 Å². The van der Waals surface area contributed by atoms with Crippen LogP contribution in [0, 0.1) is 5.82 Å². The third-order valence-corrected chi connectivity index (χ3v) is 4.75. The minimum Gasteiger partial charge on any atom is -0.345 e. The number of nitrogens with one attached hydrogen (secondary N) is 1. The lowest BCUT2D eigenvalue weighted by molar-refractivity contribution is 0.0941. The molecular formula is C24H19FN2O. The van der Waals surface area contributed by atoms with Gasteiger partial charge in [0.05, 0.1) is 22.8 Å². The monoisotopic (exact) mass is 370 g/mol. The number of carbonyl (C=O) groups excluding carboxylic acids is 1. The Morgan fingerprint density at radius 2 is 1.61 bits per heavy atom. The van der Waals surface area contributed by atoms with Gasteiger partial charge in [0.1, 0.15) is 5.82 Å². The summed E-state index contributed by atoms with van der Waals surface area (Å²) in [6.07, 6.45) is 0. The van der Waals surface area contributed by atoms with Crippen molar-refractivity contribution in [3.8, 4) is 11.3 Å². The van der Waals surface area contributed by atoms with Crippen LogP contribution in [-0.4, -0.2) is 10.9 Å². The first-order valence-corrected chi connectivity index (χ1v) is 9.13. The molecule has 4 heteroatoms. The molecule has 1 aromatic heterocycles. The Morgan fingerprint density at radius 1 is 0.929 bits per heavy atom. The fourth-order valence-electron chi connectivity index (χ4n) is 3.23. The van der Waals surface area contributed by atoms with Crippen LogP contribution in [0.2, 0.25) is 0 Å². The third kappa shape index (κ3) is 3.62. The van der Waals surface area contributed by atoms with Crippen LogP contribution in [0.15, 0.2) is 84.9 Å². The molecule has 1 amide bonds. The van der Waals surface area contributed by atoms with Crippen molar-refractivity contribution in [2.45, 2.75) is 13.0 Å². The van der Waals surface area contributed by atoms with Gasteiger partial charge < -0.3 is 5.32 Å². The van der Waals surface area contributed by atoms with Gasteiger partial charge in [-0.1, -0.05) is 48.5 Å². The summed E-state index contributed by atoms with van der Waals surface area (Å²) >= 11 is 0. The normalized spacial score (nSPS) is 11.9. The van der Waals surface area contributed by atoms with Crippen molar-refractivity contribution < 1.29 is 9.18 Å². The molecule has 1 N–H and O–H groups in total. The number of nitrogens with zero attached hydrogens (tertiary/aromatic N) is 1. The summed E-state index contributed by atoms with van der Waals surface area (Å²) < 4.78 is 13.3. The Labute approximate surface area is 162 Å². The molecule has 1 heterocycles. The van der Waals surface area contributed by atoms with E-state index in [0.717, 1.165) is 22.0 Å². The number of amides is 1. The van der Waals surface area contributed by atoms with Crippen molar-refractivity contribution in [2.24, 2.45) is 0 Å². The van der Waals surface area contributed by atoms with Gasteiger partial charge in [0.15, 0.2) is 0 Å². The molecule has 3 aromatic carbocycles. The predicted molar refractivity (Wildman–Crippen MR) is 109 cm³/mol. The van der Waals surface area contributed by atoms with Crippen LogP contribution in [-0.2, 0) is 0 Å². The number of hydrogen-bond donors (Lipinski definition) is 1. The van der Waals surface area contributed by atoms with Crippen LogP contribution in [0.1, 0.15) is 28.9 Å². The van der Waals surface area contributed by atoms with Crippen LogP contribution in [0.3, 0.4) is 0 Å². The number of rotatable bonds is 4. The number of aromatic nitrogens is 1. The molecule has 28 heavy (non-hydrogen) atoms. The lowest BCUT2D eigenvalue weighted by Crippen LogP contribution is -2.27. The Hall–Kier alpha value is -3.53. The summed E-state index contributed by atoms with van der Waals surface area (Å²) in [4.78, 5) is 17.7. The average Bonchev–Trinajstić information content (AvgIpc) is 2.74. The quantitative estimate of drug-likeness (QED) is 0.513. The van der Waals surface area contributed by atoms with Gasteiger partial charge in [0.25, 0.3) is 5.91 Å². The molecule has 4 aromatic rings. The summed E-state index contributed by atoms with van der Waals surface area (Å²) in [5, 5.41) is 3.85. The van der Waals surface area contributed by atoms with E-state index in [9.17, 15) is 9.18 Å². The topological polar surface area (TPSA) is 42.0 Å². The van der Waals surface area contributed by atoms with Crippen LogP contribution >= 0.6 is 0 Å². The number of benzene rings is 3. The highest BCUT2D eigenvalue weighted by atomic mass is 19.1. The number of hydrogen-bond acceptors (Lipinski definition) is 2. The van der Waals surface area contributed by atoms with Crippen molar-refractivity contribution in [1.29, 1.82) is 0 Å². The fraction of sp³-hybridized carbons (Fsp3) is 0.0833. The van der Waals surface area contributed by atoms with Gasteiger partial charge in [0.2, 0.25) is 0 Å². The van der Waals surface area contributed by atoms with Crippen molar-refractivity contribution in [2.75, 3.05) is 0 Å². The summed E-state index contributed by atoms with van der Waals surface area (Å²) in [5.74, 6) is -0.475. The second kappa shape index (κ2) is 7.61. The first kappa shape index (κ1) is 17.9. The van der Waals surface area contributed by atoms with E-state index < -0.39 is 0 Å². The number of halogens is 1. The molecule has 138 valence electrons. The van der Waals surface area contributed by atoms with E-state index in [2.05, 4.69) is 10.3 Å². The molecule has 0 saturated heterocycles. The van der Waals surface area contributed by atoms with Gasteiger partial charge in [-0.05, 0) is 48.9 Å². The molecule has 0 saturated carbocycles. The summed E-state index contributed by atoms with van der Waals surface area (Å²) in [6.45, 7) is 1.96. The SMILES string of the molecule is CC(NC(=O)c1cc(-c2ccc(F)cc2)nc2ccccc12)c1ccccc1. The minimum atomic E-state index is -0.306. The molecule has 1 unspecified atom stereocenters. The van der Waals surface area contributed by atoms with Crippen molar-refractivity contribution in [3.05, 3.63) is 102 Å². The van der Waals surface area contributed by atoms with Crippen molar-refractivity contribution in [1.82, 2.24) is 10.3 Å². The second-order valence-corrected chi connectivity index (χ2v) is 6.68. The van der Waals surface area contributed by atoms with Gasteiger partial charge in [0, 0.05) is 10.9 Å². The van der Waals surface area contributed by atoms with E-state index in [0.29, 0.717) is 11.3 Å².